The van der Waals surface area contributed by atoms with Crippen LogP contribution in [0.1, 0.15) is 18.4 Å². The predicted molar refractivity (Wildman–Crippen MR) is 91.1 cm³/mol. The van der Waals surface area contributed by atoms with Crippen molar-refractivity contribution in [3.63, 3.8) is 0 Å². The summed E-state index contributed by atoms with van der Waals surface area (Å²) in [5, 5.41) is 13.3. The highest BCUT2D eigenvalue weighted by Gasteiger charge is 2.46. The van der Waals surface area contributed by atoms with Crippen LogP contribution in [0, 0.1) is 11.3 Å². The Balaban J connectivity index is 1.75. The van der Waals surface area contributed by atoms with Crippen LogP contribution in [0.25, 0.3) is 0 Å². The van der Waals surface area contributed by atoms with E-state index in [1.165, 1.54) is 18.4 Å². The van der Waals surface area contributed by atoms with Gasteiger partial charge in [-0.05, 0) is 49.5 Å². The minimum atomic E-state index is 0.291. The summed E-state index contributed by atoms with van der Waals surface area (Å²) >= 11 is 3.55. The number of ether oxygens (including phenoxy) is 1. The van der Waals surface area contributed by atoms with Gasteiger partial charge in [0.1, 0.15) is 5.75 Å². The van der Waals surface area contributed by atoms with Gasteiger partial charge in [0, 0.05) is 42.2 Å². The van der Waals surface area contributed by atoms with E-state index in [0.717, 1.165) is 42.9 Å². The maximum atomic E-state index is 9.83. The molecule has 0 radical (unpaired) electrons. The first-order valence-electron chi connectivity index (χ1n) is 8.03. The van der Waals surface area contributed by atoms with Gasteiger partial charge in [-0.1, -0.05) is 15.9 Å². The molecule has 122 valence electrons. The van der Waals surface area contributed by atoms with Gasteiger partial charge in [-0.25, -0.2) is 0 Å². The summed E-state index contributed by atoms with van der Waals surface area (Å²) in [5.41, 5.74) is 1.50. The third-order valence-electron chi connectivity index (χ3n) is 5.34. The molecular formula is C17H25BrN2O2. The van der Waals surface area contributed by atoms with Gasteiger partial charge in [-0.3, -0.25) is 4.90 Å². The number of aliphatic hydroxyl groups excluding tert-OH is 1. The average Bonchev–Trinajstić information content (AvgIpc) is 2.85. The van der Waals surface area contributed by atoms with Crippen molar-refractivity contribution in [2.45, 2.75) is 19.4 Å². The molecule has 2 heterocycles. The highest BCUT2D eigenvalue weighted by Crippen LogP contribution is 2.43. The molecule has 2 saturated heterocycles. The summed E-state index contributed by atoms with van der Waals surface area (Å²) in [6, 6.07) is 6.16. The van der Waals surface area contributed by atoms with Gasteiger partial charge in [0.2, 0.25) is 0 Å². The van der Waals surface area contributed by atoms with Crippen LogP contribution in [0.4, 0.5) is 0 Å². The van der Waals surface area contributed by atoms with Gasteiger partial charge in [0.15, 0.2) is 0 Å². The molecule has 1 aromatic rings. The lowest BCUT2D eigenvalue weighted by atomic mass is 9.71. The van der Waals surface area contributed by atoms with Gasteiger partial charge in [0.05, 0.1) is 7.11 Å². The smallest absolute Gasteiger partial charge is 0.123 e. The van der Waals surface area contributed by atoms with E-state index in [9.17, 15) is 5.11 Å². The maximum Gasteiger partial charge on any atom is 0.123 e. The van der Waals surface area contributed by atoms with Crippen molar-refractivity contribution < 1.29 is 9.84 Å². The molecular weight excluding hydrogens is 344 g/mol. The molecule has 1 aromatic carbocycles. The van der Waals surface area contributed by atoms with E-state index in [0.29, 0.717) is 17.9 Å². The predicted octanol–water partition coefficient (Wildman–Crippen LogP) is 2.25. The van der Waals surface area contributed by atoms with E-state index in [-0.39, 0.29) is 0 Å². The van der Waals surface area contributed by atoms with Gasteiger partial charge < -0.3 is 15.2 Å². The fourth-order valence-corrected chi connectivity index (χ4v) is 4.53. The minimum absolute atomic E-state index is 0.291. The number of methoxy groups -OCH3 is 1. The van der Waals surface area contributed by atoms with E-state index in [1.807, 2.05) is 12.1 Å². The summed E-state index contributed by atoms with van der Waals surface area (Å²) in [7, 11) is 1.72. The van der Waals surface area contributed by atoms with E-state index in [4.69, 9.17) is 4.74 Å². The molecule has 1 unspecified atom stereocenters. The Bertz CT molecular complexity index is 517. The standard InChI is InChI=1S/C17H25BrN2O2/c1-22-16-3-2-15(18)8-13(16)9-20-10-14(11-21)17(12-20)4-6-19-7-5-17/h2-3,8,14,19,21H,4-7,9-12H2,1H3. The van der Waals surface area contributed by atoms with Crippen molar-refractivity contribution in [2.24, 2.45) is 11.3 Å². The molecule has 0 amide bonds. The Morgan fingerprint density at radius 1 is 1.41 bits per heavy atom. The lowest BCUT2D eigenvalue weighted by molar-refractivity contribution is 0.0984. The largest absolute Gasteiger partial charge is 0.496 e. The second kappa shape index (κ2) is 6.87. The number of hydrogen-bond donors (Lipinski definition) is 2. The van der Waals surface area contributed by atoms with Crippen LogP contribution in [0.5, 0.6) is 5.75 Å². The first-order valence-corrected chi connectivity index (χ1v) is 8.82. The molecule has 3 rings (SSSR count). The third kappa shape index (κ3) is 3.18. The van der Waals surface area contributed by atoms with Crippen molar-refractivity contribution in [2.75, 3.05) is 39.9 Å². The first-order chi connectivity index (χ1) is 10.7. The summed E-state index contributed by atoms with van der Waals surface area (Å²) in [6.45, 7) is 5.39. The first kappa shape index (κ1) is 16.2. The Kier molecular flexibility index (Phi) is 5.07. The summed E-state index contributed by atoms with van der Waals surface area (Å²) in [4.78, 5) is 2.48. The zero-order valence-electron chi connectivity index (χ0n) is 13.1. The fourth-order valence-electron chi connectivity index (χ4n) is 4.12. The van der Waals surface area contributed by atoms with Crippen LogP contribution in [0.15, 0.2) is 22.7 Å². The second-order valence-corrected chi connectivity index (χ2v) is 7.53. The van der Waals surface area contributed by atoms with Crippen LogP contribution in [0.2, 0.25) is 0 Å². The summed E-state index contributed by atoms with van der Waals surface area (Å²) < 4.78 is 6.58. The Morgan fingerprint density at radius 2 is 2.18 bits per heavy atom. The summed E-state index contributed by atoms with van der Waals surface area (Å²) in [5.74, 6) is 1.34. The summed E-state index contributed by atoms with van der Waals surface area (Å²) in [6.07, 6.45) is 2.34. The molecule has 0 saturated carbocycles. The molecule has 2 fully saturated rings. The quantitative estimate of drug-likeness (QED) is 0.855. The Morgan fingerprint density at radius 3 is 2.86 bits per heavy atom. The lowest BCUT2D eigenvalue weighted by Gasteiger charge is -2.38. The molecule has 5 heteroatoms. The van der Waals surface area contributed by atoms with Crippen molar-refractivity contribution in [1.82, 2.24) is 10.2 Å². The number of rotatable bonds is 4. The number of halogens is 1. The average molecular weight is 369 g/mol. The SMILES string of the molecule is COc1ccc(Br)cc1CN1CC(CO)C2(CCNCC2)C1. The molecule has 2 aliphatic rings. The van der Waals surface area contributed by atoms with E-state index < -0.39 is 0 Å². The normalized spacial score (nSPS) is 24.8. The maximum absolute atomic E-state index is 9.83. The second-order valence-electron chi connectivity index (χ2n) is 6.62. The van der Waals surface area contributed by atoms with Gasteiger partial charge in [-0.2, -0.15) is 0 Å². The van der Waals surface area contributed by atoms with Crippen LogP contribution in [0.3, 0.4) is 0 Å². The fraction of sp³-hybridized carbons (Fsp3) is 0.647. The van der Waals surface area contributed by atoms with Crippen LogP contribution >= 0.6 is 15.9 Å². The van der Waals surface area contributed by atoms with Crippen LogP contribution < -0.4 is 10.1 Å². The molecule has 1 atom stereocenters. The molecule has 0 aliphatic carbocycles. The number of likely N-dealkylation sites (tertiary alicyclic amines) is 1. The topological polar surface area (TPSA) is 44.7 Å². The van der Waals surface area contributed by atoms with Crippen LogP contribution in [-0.2, 0) is 6.54 Å². The molecule has 22 heavy (non-hydrogen) atoms. The molecule has 0 aromatic heterocycles. The minimum Gasteiger partial charge on any atom is -0.496 e. The molecule has 2 N–H and O–H groups in total. The number of nitrogens with zero attached hydrogens (tertiary/aromatic N) is 1. The van der Waals surface area contributed by atoms with Crippen molar-refractivity contribution in [3.8, 4) is 5.75 Å². The Hall–Kier alpha value is -0.620. The molecule has 1 spiro atoms. The van der Waals surface area contributed by atoms with Gasteiger partial charge in [0.25, 0.3) is 0 Å². The molecule has 2 aliphatic heterocycles. The van der Waals surface area contributed by atoms with Crippen molar-refractivity contribution in [3.05, 3.63) is 28.2 Å². The lowest BCUT2D eigenvalue weighted by Crippen LogP contribution is -2.42. The van der Waals surface area contributed by atoms with Crippen molar-refractivity contribution >= 4 is 15.9 Å². The van der Waals surface area contributed by atoms with Crippen LogP contribution in [-0.4, -0.2) is 49.9 Å². The number of piperidine rings is 1. The van der Waals surface area contributed by atoms with E-state index in [2.05, 4.69) is 32.2 Å². The Labute approximate surface area is 141 Å². The highest BCUT2D eigenvalue weighted by atomic mass is 79.9. The highest BCUT2D eigenvalue weighted by molar-refractivity contribution is 9.10. The number of benzene rings is 1. The van der Waals surface area contributed by atoms with E-state index in [1.54, 1.807) is 7.11 Å². The number of aliphatic hydroxyl groups is 1. The van der Waals surface area contributed by atoms with Crippen molar-refractivity contribution in [1.29, 1.82) is 0 Å². The zero-order chi connectivity index (χ0) is 15.6. The molecule has 0 bridgehead atoms. The third-order valence-corrected chi connectivity index (χ3v) is 5.83. The van der Waals surface area contributed by atoms with E-state index >= 15 is 0 Å². The number of nitrogens with one attached hydrogen (secondary N) is 1. The van der Waals surface area contributed by atoms with Gasteiger partial charge >= 0.3 is 0 Å². The van der Waals surface area contributed by atoms with Gasteiger partial charge in [-0.15, -0.1) is 0 Å². The molecule has 4 nitrogen and oxygen atoms in total. The monoisotopic (exact) mass is 368 g/mol. The zero-order valence-corrected chi connectivity index (χ0v) is 14.7. The number of hydrogen-bond acceptors (Lipinski definition) is 4.